The van der Waals surface area contributed by atoms with Crippen LogP contribution in [0.5, 0.6) is 11.5 Å². The van der Waals surface area contributed by atoms with E-state index in [1.54, 1.807) is 0 Å². The highest BCUT2D eigenvalue weighted by molar-refractivity contribution is 7.90. The molecular formula is C11H17NO5S. The summed E-state index contributed by atoms with van der Waals surface area (Å²) in [6, 6.07) is 3.00. The van der Waals surface area contributed by atoms with Crippen molar-refractivity contribution in [3.63, 3.8) is 0 Å². The summed E-state index contributed by atoms with van der Waals surface area (Å²) in [6.45, 7) is -0.119. The van der Waals surface area contributed by atoms with Crippen LogP contribution >= 0.6 is 0 Å². The first-order valence-electron chi connectivity index (χ1n) is 5.19. The Bertz CT molecular complexity index is 526. The molecule has 6 nitrogen and oxygen atoms in total. The van der Waals surface area contributed by atoms with E-state index in [1.807, 2.05) is 0 Å². The number of rotatable bonds is 5. The Hall–Kier alpha value is -1.31. The second-order valence-electron chi connectivity index (χ2n) is 3.74. The Balaban J connectivity index is 3.70. The van der Waals surface area contributed by atoms with Gasteiger partial charge in [0.2, 0.25) is 0 Å². The van der Waals surface area contributed by atoms with Gasteiger partial charge >= 0.3 is 0 Å². The van der Waals surface area contributed by atoms with Gasteiger partial charge in [-0.2, -0.15) is 0 Å². The van der Waals surface area contributed by atoms with Crippen molar-refractivity contribution in [1.29, 1.82) is 0 Å². The minimum atomic E-state index is -3.58. The van der Waals surface area contributed by atoms with Crippen molar-refractivity contribution < 1.29 is 23.0 Å². The summed E-state index contributed by atoms with van der Waals surface area (Å²) in [4.78, 5) is -0.0951. The molecule has 0 aliphatic carbocycles. The second-order valence-corrected chi connectivity index (χ2v) is 5.69. The number of benzene rings is 1. The van der Waals surface area contributed by atoms with E-state index in [0.717, 1.165) is 6.26 Å². The fourth-order valence-electron chi connectivity index (χ4n) is 1.72. The molecule has 3 N–H and O–H groups in total. The van der Waals surface area contributed by atoms with Gasteiger partial charge in [0.15, 0.2) is 9.84 Å². The standard InChI is InChI=1S/C11H17NO5S/c1-16-8-4-5-9(17-2)11(18(3,14)15)10(8)7(13)6-12/h4-5,7,13H,6,12H2,1-3H3. The smallest absolute Gasteiger partial charge is 0.179 e. The third-order valence-corrected chi connectivity index (χ3v) is 3.65. The third kappa shape index (κ3) is 2.74. The molecule has 18 heavy (non-hydrogen) atoms. The predicted molar refractivity (Wildman–Crippen MR) is 66.7 cm³/mol. The van der Waals surface area contributed by atoms with Gasteiger partial charge in [0.1, 0.15) is 16.4 Å². The van der Waals surface area contributed by atoms with Crippen LogP contribution in [0.4, 0.5) is 0 Å². The molecule has 0 saturated heterocycles. The zero-order chi connectivity index (χ0) is 13.9. The Morgan fingerprint density at radius 2 is 1.78 bits per heavy atom. The van der Waals surface area contributed by atoms with Crippen LogP contribution in [0.3, 0.4) is 0 Å². The van der Waals surface area contributed by atoms with Gasteiger partial charge in [-0.25, -0.2) is 8.42 Å². The maximum Gasteiger partial charge on any atom is 0.179 e. The van der Waals surface area contributed by atoms with Crippen LogP contribution in [0.15, 0.2) is 17.0 Å². The Morgan fingerprint density at radius 1 is 1.28 bits per heavy atom. The van der Waals surface area contributed by atoms with Crippen molar-refractivity contribution in [1.82, 2.24) is 0 Å². The van der Waals surface area contributed by atoms with Crippen molar-refractivity contribution >= 4 is 9.84 Å². The largest absolute Gasteiger partial charge is 0.496 e. The topological polar surface area (TPSA) is 98.8 Å². The van der Waals surface area contributed by atoms with Crippen LogP contribution in [0, 0.1) is 0 Å². The molecule has 0 fully saturated rings. The van der Waals surface area contributed by atoms with Gasteiger partial charge in [-0.05, 0) is 12.1 Å². The number of sulfone groups is 1. The van der Waals surface area contributed by atoms with Gasteiger partial charge in [0.25, 0.3) is 0 Å². The molecule has 0 aliphatic rings. The highest BCUT2D eigenvalue weighted by Gasteiger charge is 2.27. The number of hydrogen-bond donors (Lipinski definition) is 2. The van der Waals surface area contributed by atoms with Gasteiger partial charge < -0.3 is 20.3 Å². The molecule has 0 amide bonds. The molecule has 1 atom stereocenters. The molecule has 0 heterocycles. The summed E-state index contributed by atoms with van der Waals surface area (Å²) in [5.74, 6) is 0.412. The molecule has 102 valence electrons. The number of aliphatic hydroxyl groups is 1. The number of aliphatic hydroxyl groups excluding tert-OH is 1. The fourth-order valence-corrected chi connectivity index (χ4v) is 2.87. The van der Waals surface area contributed by atoms with Crippen LogP contribution in [-0.4, -0.2) is 40.5 Å². The van der Waals surface area contributed by atoms with E-state index in [2.05, 4.69) is 0 Å². The van der Waals surface area contributed by atoms with Crippen LogP contribution in [0.2, 0.25) is 0 Å². The van der Waals surface area contributed by atoms with Crippen molar-refractivity contribution in [3.05, 3.63) is 17.7 Å². The average molecular weight is 275 g/mol. The van der Waals surface area contributed by atoms with Crippen LogP contribution in [-0.2, 0) is 9.84 Å². The van der Waals surface area contributed by atoms with Gasteiger partial charge in [0, 0.05) is 18.4 Å². The third-order valence-electron chi connectivity index (χ3n) is 2.49. The van der Waals surface area contributed by atoms with E-state index in [0.29, 0.717) is 0 Å². The maximum absolute atomic E-state index is 11.8. The van der Waals surface area contributed by atoms with Crippen molar-refractivity contribution in [3.8, 4) is 11.5 Å². The van der Waals surface area contributed by atoms with Crippen molar-refractivity contribution in [2.24, 2.45) is 5.73 Å². The normalized spacial score (nSPS) is 13.2. The number of methoxy groups -OCH3 is 2. The molecule has 1 unspecified atom stereocenters. The van der Waals surface area contributed by atoms with Gasteiger partial charge in [-0.3, -0.25) is 0 Å². The van der Waals surface area contributed by atoms with E-state index < -0.39 is 15.9 Å². The maximum atomic E-state index is 11.8. The molecule has 1 rings (SSSR count). The molecule has 0 aromatic heterocycles. The molecule has 0 spiro atoms. The highest BCUT2D eigenvalue weighted by Crippen LogP contribution is 2.37. The van der Waals surface area contributed by atoms with Crippen LogP contribution in [0.25, 0.3) is 0 Å². The Labute approximate surface area is 106 Å². The predicted octanol–water partition coefficient (Wildman–Crippen LogP) is 0.0994. The van der Waals surface area contributed by atoms with Gasteiger partial charge in [-0.15, -0.1) is 0 Å². The summed E-state index contributed by atoms with van der Waals surface area (Å²) >= 11 is 0. The van der Waals surface area contributed by atoms with E-state index in [4.69, 9.17) is 15.2 Å². The van der Waals surface area contributed by atoms with E-state index >= 15 is 0 Å². The number of nitrogens with two attached hydrogens (primary N) is 1. The lowest BCUT2D eigenvalue weighted by Crippen LogP contribution is -2.17. The zero-order valence-corrected chi connectivity index (χ0v) is 11.3. The first kappa shape index (κ1) is 14.7. The summed E-state index contributed by atoms with van der Waals surface area (Å²) in [7, 11) is -0.839. The molecule has 7 heteroatoms. The number of ether oxygens (including phenoxy) is 2. The van der Waals surface area contributed by atoms with Crippen LogP contribution < -0.4 is 15.2 Å². The number of hydrogen-bond acceptors (Lipinski definition) is 6. The van der Waals surface area contributed by atoms with E-state index in [9.17, 15) is 13.5 Å². The van der Waals surface area contributed by atoms with E-state index in [1.165, 1.54) is 26.4 Å². The lowest BCUT2D eigenvalue weighted by atomic mass is 10.1. The van der Waals surface area contributed by atoms with Gasteiger partial charge in [0.05, 0.1) is 20.3 Å². The molecule has 0 saturated carbocycles. The lowest BCUT2D eigenvalue weighted by molar-refractivity contribution is 0.177. The Morgan fingerprint density at radius 3 is 2.17 bits per heavy atom. The molecule has 0 bridgehead atoms. The monoisotopic (exact) mass is 275 g/mol. The minimum Gasteiger partial charge on any atom is -0.496 e. The first-order chi connectivity index (χ1) is 8.36. The Kier molecular flexibility index (Phi) is 4.55. The highest BCUT2D eigenvalue weighted by atomic mass is 32.2. The second kappa shape index (κ2) is 5.55. The quantitative estimate of drug-likeness (QED) is 0.790. The zero-order valence-electron chi connectivity index (χ0n) is 10.5. The molecule has 1 aromatic carbocycles. The summed E-state index contributed by atoms with van der Waals surface area (Å²) < 4.78 is 33.8. The first-order valence-corrected chi connectivity index (χ1v) is 7.09. The van der Waals surface area contributed by atoms with E-state index in [-0.39, 0.29) is 28.5 Å². The van der Waals surface area contributed by atoms with Gasteiger partial charge in [-0.1, -0.05) is 0 Å². The SMILES string of the molecule is COc1ccc(OC)c(S(C)(=O)=O)c1C(O)CN. The van der Waals surface area contributed by atoms with Crippen LogP contribution in [0.1, 0.15) is 11.7 Å². The summed E-state index contributed by atoms with van der Waals surface area (Å²) in [6.07, 6.45) is -0.100. The lowest BCUT2D eigenvalue weighted by Gasteiger charge is -2.19. The molecule has 1 aromatic rings. The van der Waals surface area contributed by atoms with Crippen molar-refractivity contribution in [2.45, 2.75) is 11.0 Å². The molecule has 0 radical (unpaired) electrons. The minimum absolute atomic E-state index is 0.0951. The average Bonchev–Trinajstić information content (AvgIpc) is 2.34. The molecular weight excluding hydrogens is 258 g/mol. The summed E-state index contributed by atoms with van der Waals surface area (Å²) in [5.41, 5.74) is 5.52. The fraction of sp³-hybridized carbons (Fsp3) is 0.455. The van der Waals surface area contributed by atoms with Crippen molar-refractivity contribution in [2.75, 3.05) is 27.0 Å². The summed E-state index contributed by atoms with van der Waals surface area (Å²) in [5, 5.41) is 9.88. The molecule has 0 aliphatic heterocycles.